The molecule has 29 heavy (non-hydrogen) atoms. The number of aromatic nitrogens is 4. The third-order valence-corrected chi connectivity index (χ3v) is 7.46. The molecule has 1 aliphatic heterocycles. The van der Waals surface area contributed by atoms with Crippen molar-refractivity contribution < 1.29 is 17.9 Å². The number of unbranched alkanes of at least 4 members (excludes halogenated alkanes) is 1. The van der Waals surface area contributed by atoms with Crippen molar-refractivity contribution in [2.24, 2.45) is 0 Å². The van der Waals surface area contributed by atoms with E-state index in [0.717, 1.165) is 12.8 Å². The Hall–Kier alpha value is -2.14. The zero-order valence-electron chi connectivity index (χ0n) is 16.5. The largest absolute Gasteiger partial charge is 0.494 e. The van der Waals surface area contributed by atoms with Crippen LogP contribution in [0.25, 0.3) is 5.69 Å². The van der Waals surface area contributed by atoms with E-state index >= 15 is 0 Å². The van der Waals surface area contributed by atoms with Gasteiger partial charge in [0.1, 0.15) is 11.4 Å². The van der Waals surface area contributed by atoms with Gasteiger partial charge in [0.15, 0.2) is 9.84 Å². The number of sulfone groups is 1. The second kappa shape index (κ2) is 9.57. The minimum atomic E-state index is -3.06. The summed E-state index contributed by atoms with van der Waals surface area (Å²) < 4.78 is 30.6. The molecule has 1 aromatic carbocycles. The molecule has 0 N–H and O–H groups in total. The predicted molar refractivity (Wildman–Crippen MR) is 110 cm³/mol. The molecule has 158 valence electrons. The summed E-state index contributed by atoms with van der Waals surface area (Å²) in [4.78, 5) is 14.6. The Morgan fingerprint density at radius 1 is 1.38 bits per heavy atom. The fourth-order valence-corrected chi connectivity index (χ4v) is 5.80. The van der Waals surface area contributed by atoms with E-state index < -0.39 is 9.84 Å². The molecule has 0 radical (unpaired) electrons. The molecule has 0 aliphatic carbocycles. The highest BCUT2D eigenvalue weighted by Gasteiger charge is 2.34. The molecule has 1 fully saturated rings. The lowest BCUT2D eigenvalue weighted by atomic mass is 10.2. The number of amides is 1. The minimum absolute atomic E-state index is 0.0477. The van der Waals surface area contributed by atoms with E-state index in [1.165, 1.54) is 16.4 Å². The molecule has 1 aromatic heterocycles. The van der Waals surface area contributed by atoms with Gasteiger partial charge in [0.2, 0.25) is 11.1 Å². The summed E-state index contributed by atoms with van der Waals surface area (Å²) in [6, 6.07) is 7.10. The lowest BCUT2D eigenvalue weighted by Crippen LogP contribution is -2.42. The van der Waals surface area contributed by atoms with Crippen LogP contribution in [0.3, 0.4) is 0 Å². The van der Waals surface area contributed by atoms with Gasteiger partial charge in [-0.3, -0.25) is 4.79 Å². The van der Waals surface area contributed by atoms with Gasteiger partial charge in [0.25, 0.3) is 0 Å². The van der Waals surface area contributed by atoms with Gasteiger partial charge >= 0.3 is 0 Å². The summed E-state index contributed by atoms with van der Waals surface area (Å²) >= 11 is 1.23. The SMILES string of the molecule is CCCCN(C(=O)CSc1nnnn1-c1ccccc1OC)[C@@H]1CCS(=O)(=O)C1. The molecule has 1 saturated heterocycles. The highest BCUT2D eigenvalue weighted by molar-refractivity contribution is 7.99. The third-order valence-electron chi connectivity index (χ3n) is 4.80. The number of tetrazole rings is 1. The fourth-order valence-electron chi connectivity index (χ4n) is 3.29. The number of carbonyl (C=O) groups is 1. The Bertz CT molecular complexity index is 947. The first-order chi connectivity index (χ1) is 13.9. The Morgan fingerprint density at radius 3 is 2.86 bits per heavy atom. The van der Waals surface area contributed by atoms with Crippen LogP contribution in [0.15, 0.2) is 29.4 Å². The first-order valence-electron chi connectivity index (χ1n) is 9.49. The summed E-state index contributed by atoms with van der Waals surface area (Å²) in [5.41, 5.74) is 0.680. The van der Waals surface area contributed by atoms with Crippen LogP contribution < -0.4 is 4.74 Å². The van der Waals surface area contributed by atoms with Gasteiger partial charge in [-0.25, -0.2) is 8.42 Å². The molecule has 1 aliphatic rings. The van der Waals surface area contributed by atoms with Gasteiger partial charge in [0.05, 0.1) is 24.4 Å². The van der Waals surface area contributed by atoms with Gasteiger partial charge in [-0.1, -0.05) is 37.2 Å². The monoisotopic (exact) mass is 439 g/mol. The maximum Gasteiger partial charge on any atom is 0.233 e. The lowest BCUT2D eigenvalue weighted by molar-refractivity contribution is -0.130. The average molecular weight is 440 g/mol. The number of para-hydroxylation sites is 2. The van der Waals surface area contributed by atoms with Crippen molar-refractivity contribution in [1.29, 1.82) is 0 Å². The van der Waals surface area contributed by atoms with Crippen molar-refractivity contribution >= 4 is 27.5 Å². The first-order valence-corrected chi connectivity index (χ1v) is 12.3. The summed E-state index contributed by atoms with van der Waals surface area (Å²) in [6.07, 6.45) is 2.27. The molecule has 0 spiro atoms. The summed E-state index contributed by atoms with van der Waals surface area (Å²) in [6.45, 7) is 2.61. The smallest absolute Gasteiger partial charge is 0.233 e. The molecule has 3 rings (SSSR count). The normalized spacial score (nSPS) is 17.9. The number of benzene rings is 1. The molecule has 0 saturated carbocycles. The zero-order chi connectivity index (χ0) is 20.9. The lowest BCUT2D eigenvalue weighted by Gasteiger charge is -2.28. The van der Waals surface area contributed by atoms with Crippen LogP contribution >= 0.6 is 11.8 Å². The number of hydrogen-bond donors (Lipinski definition) is 0. The molecule has 2 heterocycles. The number of methoxy groups -OCH3 is 1. The van der Waals surface area contributed by atoms with Gasteiger partial charge in [-0.15, -0.1) is 5.10 Å². The van der Waals surface area contributed by atoms with Crippen LogP contribution in [-0.4, -0.2) is 76.4 Å². The zero-order valence-corrected chi connectivity index (χ0v) is 18.2. The topological polar surface area (TPSA) is 107 Å². The van der Waals surface area contributed by atoms with Crippen LogP contribution in [-0.2, 0) is 14.6 Å². The molecule has 2 aromatic rings. The van der Waals surface area contributed by atoms with Gasteiger partial charge < -0.3 is 9.64 Å². The van der Waals surface area contributed by atoms with E-state index in [9.17, 15) is 13.2 Å². The van der Waals surface area contributed by atoms with Crippen LogP contribution in [0.2, 0.25) is 0 Å². The number of ether oxygens (including phenoxy) is 1. The second-order valence-corrected chi connectivity index (χ2v) is 10.0. The maximum absolute atomic E-state index is 12.9. The van der Waals surface area contributed by atoms with Crippen LogP contribution in [0.5, 0.6) is 5.75 Å². The molecule has 9 nitrogen and oxygen atoms in total. The van der Waals surface area contributed by atoms with Gasteiger partial charge in [-0.2, -0.15) is 4.68 Å². The van der Waals surface area contributed by atoms with Crippen molar-refractivity contribution in [1.82, 2.24) is 25.1 Å². The number of hydrogen-bond acceptors (Lipinski definition) is 8. The van der Waals surface area contributed by atoms with E-state index in [1.807, 2.05) is 31.2 Å². The number of nitrogens with zero attached hydrogens (tertiary/aromatic N) is 5. The second-order valence-electron chi connectivity index (χ2n) is 6.83. The Balaban J connectivity index is 1.71. The quantitative estimate of drug-likeness (QED) is 0.542. The van der Waals surface area contributed by atoms with Crippen LogP contribution in [0.4, 0.5) is 0 Å². The van der Waals surface area contributed by atoms with Crippen molar-refractivity contribution in [3.63, 3.8) is 0 Å². The van der Waals surface area contributed by atoms with Crippen molar-refractivity contribution in [3.8, 4) is 11.4 Å². The molecule has 1 amide bonds. The van der Waals surface area contributed by atoms with E-state index in [4.69, 9.17) is 4.74 Å². The fraction of sp³-hybridized carbons (Fsp3) is 0.556. The molecular weight excluding hydrogens is 414 g/mol. The molecule has 0 unspecified atom stereocenters. The van der Waals surface area contributed by atoms with Crippen molar-refractivity contribution in [2.75, 3.05) is 30.9 Å². The average Bonchev–Trinajstić information content (AvgIpc) is 3.32. The van der Waals surface area contributed by atoms with Gasteiger partial charge in [-0.05, 0) is 35.4 Å². The standard InChI is InChI=1S/C18H25N5O4S2/c1-3-4-10-22(14-9-11-29(25,26)13-14)17(24)12-28-18-19-20-21-23(18)15-7-5-6-8-16(15)27-2/h5-8,14H,3-4,9-13H2,1-2H3/t14-/m1/s1. The van der Waals surface area contributed by atoms with Gasteiger partial charge in [0, 0.05) is 12.6 Å². The van der Waals surface area contributed by atoms with E-state index in [0.29, 0.717) is 29.6 Å². The highest BCUT2D eigenvalue weighted by atomic mass is 32.2. The van der Waals surface area contributed by atoms with Crippen molar-refractivity contribution in [3.05, 3.63) is 24.3 Å². The summed E-state index contributed by atoms with van der Waals surface area (Å²) in [7, 11) is -1.49. The first kappa shape index (κ1) is 21.6. The molecule has 11 heteroatoms. The summed E-state index contributed by atoms with van der Waals surface area (Å²) in [5.74, 6) is 0.850. The minimum Gasteiger partial charge on any atom is -0.494 e. The predicted octanol–water partition coefficient (Wildman–Crippen LogP) is 1.58. The summed E-state index contributed by atoms with van der Waals surface area (Å²) in [5, 5.41) is 12.2. The van der Waals surface area contributed by atoms with Crippen LogP contribution in [0.1, 0.15) is 26.2 Å². The van der Waals surface area contributed by atoms with E-state index in [-0.39, 0.29) is 29.2 Å². The number of rotatable bonds is 9. The molecular formula is C18H25N5O4S2. The Labute approximate surface area is 174 Å². The molecule has 1 atom stereocenters. The number of thioether (sulfide) groups is 1. The highest BCUT2D eigenvalue weighted by Crippen LogP contribution is 2.26. The maximum atomic E-state index is 12.9. The van der Waals surface area contributed by atoms with Crippen LogP contribution in [0, 0.1) is 0 Å². The Kier molecular flexibility index (Phi) is 7.12. The van der Waals surface area contributed by atoms with E-state index in [2.05, 4.69) is 15.5 Å². The third kappa shape index (κ3) is 5.27. The Morgan fingerprint density at radius 2 is 2.17 bits per heavy atom. The number of carbonyl (C=O) groups excluding carboxylic acids is 1. The molecule has 0 bridgehead atoms. The van der Waals surface area contributed by atoms with E-state index in [1.54, 1.807) is 12.0 Å². The van der Waals surface area contributed by atoms with Crippen molar-refractivity contribution in [2.45, 2.75) is 37.4 Å².